The molecule has 0 aromatic heterocycles. The van der Waals surface area contributed by atoms with E-state index in [1.807, 2.05) is 20.8 Å². The second-order valence-electron chi connectivity index (χ2n) is 6.16. The van der Waals surface area contributed by atoms with Gasteiger partial charge >= 0.3 is 6.09 Å². The molecule has 1 aliphatic rings. The molecule has 1 N–H and O–H groups in total. The van der Waals surface area contributed by atoms with Crippen LogP contribution in [0.25, 0.3) is 0 Å². The summed E-state index contributed by atoms with van der Waals surface area (Å²) in [5, 5.41) is 3.36. The summed E-state index contributed by atoms with van der Waals surface area (Å²) >= 11 is 0. The van der Waals surface area contributed by atoms with Crippen molar-refractivity contribution in [2.45, 2.75) is 64.1 Å². The number of carbonyl (C=O) groups excluding carboxylic acids is 2. The summed E-state index contributed by atoms with van der Waals surface area (Å²) in [6.45, 7) is 6.18. The van der Waals surface area contributed by atoms with E-state index in [0.717, 1.165) is 32.0 Å². The van der Waals surface area contributed by atoms with Gasteiger partial charge in [-0.25, -0.2) is 4.79 Å². The van der Waals surface area contributed by atoms with E-state index in [-0.39, 0.29) is 11.8 Å². The lowest BCUT2D eigenvalue weighted by Gasteiger charge is -2.40. The molecule has 1 fully saturated rings. The van der Waals surface area contributed by atoms with Crippen LogP contribution < -0.4 is 5.32 Å². The van der Waals surface area contributed by atoms with E-state index in [0.29, 0.717) is 13.0 Å². The highest BCUT2D eigenvalue weighted by molar-refractivity contribution is 5.68. The summed E-state index contributed by atoms with van der Waals surface area (Å²) in [5.41, 5.74) is -0.848. The van der Waals surface area contributed by atoms with Crippen molar-refractivity contribution in [1.82, 2.24) is 10.2 Å². The third-order valence-corrected chi connectivity index (χ3v) is 3.46. The van der Waals surface area contributed by atoms with E-state index in [9.17, 15) is 9.59 Å². The maximum Gasteiger partial charge on any atom is 0.411 e. The quantitative estimate of drug-likeness (QED) is 0.473. The highest BCUT2D eigenvalue weighted by Crippen LogP contribution is 2.33. The second kappa shape index (κ2) is 6.37. The summed E-state index contributed by atoms with van der Waals surface area (Å²) in [7, 11) is 1.77. The van der Waals surface area contributed by atoms with Crippen LogP contribution in [0.2, 0.25) is 0 Å². The number of hydrogen-bond acceptors (Lipinski definition) is 4. The van der Waals surface area contributed by atoms with Gasteiger partial charge in [0.15, 0.2) is 0 Å². The zero-order valence-corrected chi connectivity index (χ0v) is 12.5. The minimum Gasteiger partial charge on any atom is -0.444 e. The van der Waals surface area contributed by atoms with Gasteiger partial charge in [0, 0.05) is 20.0 Å². The molecule has 5 nitrogen and oxygen atoms in total. The summed E-state index contributed by atoms with van der Waals surface area (Å²) < 4.78 is 5.42. The number of ether oxygens (including phenoxy) is 1. The van der Waals surface area contributed by atoms with Crippen molar-refractivity contribution in [3.05, 3.63) is 0 Å². The van der Waals surface area contributed by atoms with E-state index < -0.39 is 5.60 Å². The van der Waals surface area contributed by atoms with Crippen molar-refractivity contribution in [3.63, 3.8) is 0 Å². The predicted molar refractivity (Wildman–Crippen MR) is 73.9 cm³/mol. The summed E-state index contributed by atoms with van der Waals surface area (Å²) in [6.07, 6.45) is 5.02. The van der Waals surface area contributed by atoms with Gasteiger partial charge in [-0.05, 0) is 46.5 Å². The second-order valence-corrected chi connectivity index (χ2v) is 6.16. The molecule has 0 unspecified atom stereocenters. The molecule has 0 heterocycles. The topological polar surface area (TPSA) is 58.6 Å². The van der Waals surface area contributed by atoms with E-state index in [1.165, 1.54) is 0 Å². The van der Waals surface area contributed by atoms with Crippen LogP contribution in [0.3, 0.4) is 0 Å². The maximum atomic E-state index is 12.2. The molecule has 0 aromatic rings. The molecule has 1 saturated carbocycles. The fraction of sp³-hybridized carbons (Fsp3) is 0.857. The number of carbonyl (C=O) groups is 2. The first-order chi connectivity index (χ1) is 8.81. The number of hydrogen-bond donors (Lipinski definition) is 1. The maximum absolute atomic E-state index is 12.2. The molecule has 0 saturated heterocycles. The van der Waals surface area contributed by atoms with Crippen molar-refractivity contribution < 1.29 is 14.3 Å². The van der Waals surface area contributed by atoms with Crippen molar-refractivity contribution >= 4 is 12.4 Å². The van der Waals surface area contributed by atoms with Gasteiger partial charge in [0.1, 0.15) is 11.9 Å². The first-order valence-corrected chi connectivity index (χ1v) is 6.96. The lowest BCUT2D eigenvalue weighted by atomic mass is 10.1. The molecule has 0 atom stereocenters. The smallest absolute Gasteiger partial charge is 0.411 e. The molecule has 0 spiro atoms. The van der Waals surface area contributed by atoms with Gasteiger partial charge in [-0.15, -0.1) is 0 Å². The molecule has 0 bridgehead atoms. The Morgan fingerprint density at radius 3 is 2.42 bits per heavy atom. The van der Waals surface area contributed by atoms with Crippen LogP contribution in [-0.4, -0.2) is 42.1 Å². The number of amides is 1. The fourth-order valence-electron chi connectivity index (χ4n) is 2.46. The average molecular weight is 270 g/mol. The Morgan fingerprint density at radius 2 is 1.95 bits per heavy atom. The molecule has 19 heavy (non-hydrogen) atoms. The Balaban J connectivity index is 2.69. The van der Waals surface area contributed by atoms with Crippen molar-refractivity contribution in [1.29, 1.82) is 0 Å². The van der Waals surface area contributed by atoms with Crippen LogP contribution in [0.1, 0.15) is 52.9 Å². The Kier molecular flexibility index (Phi) is 5.35. The van der Waals surface area contributed by atoms with Crippen molar-refractivity contribution in [3.8, 4) is 0 Å². The van der Waals surface area contributed by atoms with Crippen LogP contribution in [0, 0.1) is 0 Å². The lowest BCUT2D eigenvalue weighted by Crippen LogP contribution is -2.58. The lowest BCUT2D eigenvalue weighted by molar-refractivity contribution is -0.107. The average Bonchev–Trinajstić information content (AvgIpc) is 2.76. The molecule has 5 heteroatoms. The molecule has 0 aliphatic heterocycles. The molecule has 0 radical (unpaired) electrons. The molecule has 110 valence electrons. The van der Waals surface area contributed by atoms with Gasteiger partial charge in [-0.1, -0.05) is 0 Å². The SMILES string of the molecule is CN(C(=O)OC(C)(C)C)C1(NCCC=O)CCCC1. The first kappa shape index (κ1) is 16.0. The Bertz CT molecular complexity index is 317. The van der Waals surface area contributed by atoms with Crippen LogP contribution in [-0.2, 0) is 9.53 Å². The van der Waals surface area contributed by atoms with Crippen LogP contribution in [0.15, 0.2) is 0 Å². The monoisotopic (exact) mass is 270 g/mol. The molecular weight excluding hydrogens is 244 g/mol. The van der Waals surface area contributed by atoms with Crippen LogP contribution in [0.5, 0.6) is 0 Å². The number of aldehydes is 1. The van der Waals surface area contributed by atoms with E-state index >= 15 is 0 Å². The number of nitrogens with one attached hydrogen (secondary N) is 1. The highest BCUT2D eigenvalue weighted by Gasteiger charge is 2.41. The summed E-state index contributed by atoms with van der Waals surface area (Å²) in [4.78, 5) is 24.3. The Morgan fingerprint density at radius 1 is 1.37 bits per heavy atom. The van der Waals surface area contributed by atoms with Gasteiger partial charge in [0.2, 0.25) is 0 Å². The third-order valence-electron chi connectivity index (χ3n) is 3.46. The first-order valence-electron chi connectivity index (χ1n) is 6.96. The fourth-order valence-corrected chi connectivity index (χ4v) is 2.46. The third kappa shape index (κ3) is 4.49. The van der Waals surface area contributed by atoms with E-state index in [2.05, 4.69) is 5.32 Å². The van der Waals surface area contributed by atoms with Gasteiger partial charge in [-0.3, -0.25) is 10.2 Å². The zero-order valence-electron chi connectivity index (χ0n) is 12.5. The van der Waals surface area contributed by atoms with E-state index in [1.54, 1.807) is 11.9 Å². The molecular formula is C14H26N2O3. The standard InChI is InChI=1S/C14H26N2O3/c1-13(2,3)19-12(18)16(4)14(8-5-6-9-14)15-10-7-11-17/h11,15H,5-10H2,1-4H3. The number of nitrogens with zero attached hydrogens (tertiary/aromatic N) is 1. The largest absolute Gasteiger partial charge is 0.444 e. The molecule has 1 amide bonds. The molecule has 0 aromatic carbocycles. The Hall–Kier alpha value is -1.10. The van der Waals surface area contributed by atoms with Gasteiger partial charge in [-0.2, -0.15) is 0 Å². The van der Waals surface area contributed by atoms with E-state index in [4.69, 9.17) is 4.74 Å². The minimum atomic E-state index is -0.492. The number of rotatable bonds is 5. The van der Waals surface area contributed by atoms with Gasteiger partial charge in [0.05, 0.1) is 5.66 Å². The summed E-state index contributed by atoms with van der Waals surface area (Å²) in [6, 6.07) is 0. The zero-order chi connectivity index (χ0) is 14.5. The Labute approximate surface area is 115 Å². The normalized spacial score (nSPS) is 18.1. The summed E-state index contributed by atoms with van der Waals surface area (Å²) in [5.74, 6) is 0. The minimum absolute atomic E-state index is 0.312. The molecule has 1 aliphatic carbocycles. The van der Waals surface area contributed by atoms with Crippen molar-refractivity contribution in [2.24, 2.45) is 0 Å². The van der Waals surface area contributed by atoms with Gasteiger partial charge < -0.3 is 9.53 Å². The highest BCUT2D eigenvalue weighted by atomic mass is 16.6. The van der Waals surface area contributed by atoms with Crippen molar-refractivity contribution in [2.75, 3.05) is 13.6 Å². The van der Waals surface area contributed by atoms with Crippen LogP contribution >= 0.6 is 0 Å². The van der Waals surface area contributed by atoms with Gasteiger partial charge in [0.25, 0.3) is 0 Å². The predicted octanol–water partition coefficient (Wildman–Crippen LogP) is 2.30. The molecule has 1 rings (SSSR count). The van der Waals surface area contributed by atoms with Crippen LogP contribution in [0.4, 0.5) is 4.79 Å².